The molecule has 98 heavy (non-hydrogen) atoms. The van der Waals surface area contributed by atoms with E-state index in [9.17, 15) is 45.0 Å². The number of amides is 7. The van der Waals surface area contributed by atoms with E-state index < -0.39 is 142 Å². The number of hydrogen-bond donors (Lipinski definition) is 13. The fourth-order valence-electron chi connectivity index (χ4n) is 11.3. The zero-order valence-corrected chi connectivity index (χ0v) is 56.2. The summed E-state index contributed by atoms with van der Waals surface area (Å²) in [5, 5.41) is 87.6. The standard InChI is InChI=1S/C67H59Br2Cl2N7O20/c1-67(2,3)98-66(92)78-52-30-6-9-43(82)47(22-30)95-36-19-32(18-34(79)25-36)53-62(88)75-54-33-23-48(96-45-10-4-28(16-39(45)70)17-41(59(85)73-53)72-60(52)86)58(93-14-12-68)49(24-33)97-46-11-7-31(21-40(46)71)57(84)56-64(90)76-55(65(91)94-15-13-69)38-26-35(80)27-44(83)50(38)37-20-29(5-8-42(37)81)51(61(87)77-56)74-63(54)89/h4-11,16,18-27,41,51-57,79-84H,12-15,17H2,1-3H3,(H,72,86)(H,73,85)(H,74,89)(H,75,88)(H,76,90)(H,77,87)(H,78,92)/t41-,51-,52-,53+,54-,55-,56+,57-/m1/s1. The molecule has 8 atom stereocenters. The molecule has 0 aliphatic carbocycles. The molecular weight excluding hydrogens is 1450 g/mol. The van der Waals surface area contributed by atoms with Crippen molar-refractivity contribution in [1.29, 1.82) is 0 Å². The number of carbonyl (C=O) groups is 8. The average Bonchev–Trinajstić information content (AvgIpc) is 0.770. The second kappa shape index (κ2) is 28.5. The monoisotopic (exact) mass is 1510 g/mol. The molecule has 0 fully saturated rings. The van der Waals surface area contributed by atoms with Crippen LogP contribution in [0.2, 0.25) is 10.0 Å². The highest BCUT2D eigenvalue weighted by Crippen LogP contribution is 2.49. The van der Waals surface area contributed by atoms with Crippen LogP contribution in [-0.2, 0) is 49.5 Å². The van der Waals surface area contributed by atoms with Gasteiger partial charge >= 0.3 is 12.1 Å². The first kappa shape index (κ1) is 69.2. The van der Waals surface area contributed by atoms with E-state index in [2.05, 4.69) is 69.1 Å². The lowest BCUT2D eigenvalue weighted by molar-refractivity contribution is -0.148. The quantitative estimate of drug-likeness (QED) is 0.0525. The fourth-order valence-corrected chi connectivity index (χ4v) is 12.1. The van der Waals surface area contributed by atoms with E-state index in [1.54, 1.807) is 20.8 Å². The first-order valence-corrected chi connectivity index (χ1v) is 32.9. The number of phenolic OH excluding ortho intramolecular Hbond substituents is 5. The molecule has 6 aliphatic rings. The molecule has 6 heterocycles. The smallest absolute Gasteiger partial charge is 0.408 e. The molecule has 0 saturated carbocycles. The molecule has 0 saturated heterocycles. The van der Waals surface area contributed by atoms with Crippen LogP contribution in [0.3, 0.4) is 0 Å². The summed E-state index contributed by atoms with van der Waals surface area (Å²) in [7, 11) is 0. The van der Waals surface area contributed by atoms with Gasteiger partial charge in [0.1, 0.15) is 94.8 Å². The van der Waals surface area contributed by atoms with Gasteiger partial charge in [0.25, 0.3) is 0 Å². The van der Waals surface area contributed by atoms with Crippen molar-refractivity contribution in [3.8, 4) is 80.1 Å². The van der Waals surface area contributed by atoms with Gasteiger partial charge in [-0.1, -0.05) is 79.3 Å². The molecule has 7 aromatic carbocycles. The minimum Gasteiger partial charge on any atom is -0.508 e. The normalized spacial score (nSPS) is 20.7. The Labute approximate surface area is 583 Å². The van der Waals surface area contributed by atoms with Crippen molar-refractivity contribution in [2.75, 3.05) is 23.9 Å². The zero-order chi connectivity index (χ0) is 70.2. The Bertz CT molecular complexity index is 4420. The summed E-state index contributed by atoms with van der Waals surface area (Å²) < 4.78 is 36.6. The third-order valence-electron chi connectivity index (χ3n) is 15.7. The Morgan fingerprint density at radius 2 is 1.15 bits per heavy atom. The molecule has 17 bridgehead atoms. The minimum absolute atomic E-state index is 0.00506. The number of alkyl halides is 2. The van der Waals surface area contributed by atoms with Crippen LogP contribution in [0.25, 0.3) is 11.1 Å². The highest BCUT2D eigenvalue weighted by molar-refractivity contribution is 9.09. The molecule has 13 rings (SSSR count). The highest BCUT2D eigenvalue weighted by Gasteiger charge is 2.42. The van der Waals surface area contributed by atoms with Crippen molar-refractivity contribution in [2.24, 2.45) is 0 Å². The van der Waals surface area contributed by atoms with E-state index in [4.69, 9.17) is 51.6 Å². The largest absolute Gasteiger partial charge is 0.508 e. The molecule has 31 heteroatoms. The van der Waals surface area contributed by atoms with Gasteiger partial charge in [0.15, 0.2) is 29.0 Å². The summed E-state index contributed by atoms with van der Waals surface area (Å²) >= 11 is 20.7. The number of ether oxygens (including phenoxy) is 6. The minimum atomic E-state index is -2.16. The lowest BCUT2D eigenvalue weighted by Gasteiger charge is -2.31. The van der Waals surface area contributed by atoms with Crippen molar-refractivity contribution in [3.63, 3.8) is 0 Å². The third kappa shape index (κ3) is 15.0. The molecule has 27 nitrogen and oxygen atoms in total. The average molecular weight is 1510 g/mol. The second-order valence-electron chi connectivity index (χ2n) is 23.7. The molecule has 6 aliphatic heterocycles. The van der Waals surface area contributed by atoms with Gasteiger partial charge in [0, 0.05) is 45.9 Å². The Balaban J connectivity index is 1.14. The highest BCUT2D eigenvalue weighted by atomic mass is 79.9. The van der Waals surface area contributed by atoms with Crippen molar-refractivity contribution in [1.82, 2.24) is 37.2 Å². The van der Waals surface area contributed by atoms with E-state index in [0.29, 0.717) is 0 Å². The fraction of sp³-hybridized carbons (Fsp3) is 0.254. The summed E-state index contributed by atoms with van der Waals surface area (Å²) in [6.45, 7) is 4.39. The van der Waals surface area contributed by atoms with Crippen LogP contribution in [0.4, 0.5) is 4.79 Å². The van der Waals surface area contributed by atoms with Crippen LogP contribution in [0.1, 0.15) is 96.0 Å². The third-order valence-corrected chi connectivity index (χ3v) is 16.9. The Morgan fingerprint density at radius 3 is 1.82 bits per heavy atom. The van der Waals surface area contributed by atoms with Gasteiger partial charge < -0.3 is 96.3 Å². The predicted octanol–water partition coefficient (Wildman–Crippen LogP) is 8.47. The van der Waals surface area contributed by atoms with Crippen LogP contribution in [-0.4, -0.2) is 120 Å². The SMILES string of the molecule is CC(C)(C)OC(=O)N[C@H]1C(=O)N[C@@H]2Cc3ccc(c(Cl)c3)Oc3cc4cc(c3OCCBr)Oc3ccc(cc3Cl)[C@@H](O)[C@@H]3NC(=O)[C@H](NC(=O)[C@@H]4NC(=O)[C@@H](NC2=O)c2cc(O)cc(c2)Oc2cc1ccc2O)c1ccc(O)c(c1)-c1c(O)cc(O)cc1[C@H](C(=O)OCCBr)NC3=O. The van der Waals surface area contributed by atoms with E-state index in [0.717, 1.165) is 42.5 Å². The number of fused-ring (bicyclic) bond motifs is 14. The van der Waals surface area contributed by atoms with E-state index in [1.165, 1.54) is 72.8 Å². The summed E-state index contributed by atoms with van der Waals surface area (Å²) in [6, 6.07) is 9.04. The molecule has 13 N–H and O–H groups in total. The summed E-state index contributed by atoms with van der Waals surface area (Å²) in [5.74, 6) is -13.1. The van der Waals surface area contributed by atoms with Crippen LogP contribution >= 0.6 is 55.1 Å². The molecule has 0 spiro atoms. The maximum absolute atomic E-state index is 16.1. The van der Waals surface area contributed by atoms with Crippen LogP contribution in [0.15, 0.2) is 115 Å². The molecule has 7 aromatic rings. The van der Waals surface area contributed by atoms with Gasteiger partial charge in [0.05, 0.1) is 16.7 Å². The Morgan fingerprint density at radius 1 is 0.561 bits per heavy atom. The number of rotatable bonds is 7. The maximum Gasteiger partial charge on any atom is 0.408 e. The number of phenols is 5. The molecule has 510 valence electrons. The van der Waals surface area contributed by atoms with Gasteiger partial charge in [-0.15, -0.1) is 0 Å². The lowest BCUT2D eigenvalue weighted by atomic mass is 9.89. The van der Waals surface area contributed by atoms with E-state index in [1.807, 2.05) is 0 Å². The summed E-state index contributed by atoms with van der Waals surface area (Å²) in [5.41, 5.74) is -2.78. The zero-order valence-electron chi connectivity index (χ0n) is 51.5. The topological polar surface area (TPSA) is 398 Å². The predicted molar refractivity (Wildman–Crippen MR) is 355 cm³/mol. The van der Waals surface area contributed by atoms with E-state index in [-0.39, 0.29) is 119 Å². The lowest BCUT2D eigenvalue weighted by Crippen LogP contribution is -2.55. The van der Waals surface area contributed by atoms with Crippen molar-refractivity contribution >= 4 is 103 Å². The number of carbonyl (C=O) groups excluding carboxylic acids is 8. The Kier molecular flexibility index (Phi) is 20.1. The van der Waals surface area contributed by atoms with Crippen LogP contribution in [0.5, 0.6) is 69.0 Å². The Hall–Kier alpha value is -10.2. The van der Waals surface area contributed by atoms with Crippen molar-refractivity contribution < 1.29 is 97.4 Å². The number of esters is 1. The van der Waals surface area contributed by atoms with Gasteiger partial charge in [-0.05, 0) is 133 Å². The number of nitrogens with one attached hydrogen (secondary N) is 7. The van der Waals surface area contributed by atoms with Gasteiger partial charge in [-0.25, -0.2) is 9.59 Å². The molecule has 0 aromatic heterocycles. The number of benzene rings is 7. The van der Waals surface area contributed by atoms with Crippen molar-refractivity contribution in [2.45, 2.75) is 81.2 Å². The number of aromatic hydroxyl groups is 5. The molecular formula is C67H59Br2Cl2N7O20. The first-order chi connectivity index (χ1) is 46.6. The maximum atomic E-state index is 16.1. The van der Waals surface area contributed by atoms with Crippen molar-refractivity contribution in [3.05, 3.63) is 164 Å². The van der Waals surface area contributed by atoms with Crippen LogP contribution < -0.4 is 56.2 Å². The first-order valence-electron chi connectivity index (χ1n) is 29.9. The number of aliphatic hydroxyl groups is 1. The number of halogens is 4. The van der Waals surface area contributed by atoms with Gasteiger partial charge in [-0.2, -0.15) is 0 Å². The van der Waals surface area contributed by atoms with Crippen LogP contribution in [0, 0.1) is 0 Å². The second-order valence-corrected chi connectivity index (χ2v) is 26.1. The number of hydrogen-bond acceptors (Lipinski definition) is 20. The number of alkyl carbamates (subject to hydrolysis) is 1. The van der Waals surface area contributed by atoms with Gasteiger partial charge in [0.2, 0.25) is 41.2 Å². The summed E-state index contributed by atoms with van der Waals surface area (Å²) in [4.78, 5) is 121. The van der Waals surface area contributed by atoms with E-state index >= 15 is 24.0 Å². The molecule has 0 unspecified atom stereocenters. The molecule has 0 radical (unpaired) electrons. The number of aliphatic hydroxyl groups excluding tert-OH is 1. The van der Waals surface area contributed by atoms with Gasteiger partial charge in [-0.3, -0.25) is 28.8 Å². The summed E-state index contributed by atoms with van der Waals surface area (Å²) in [6.07, 6.45) is -3.58. The molecule has 7 amide bonds.